The number of aryl methyl sites for hydroxylation is 3. The second kappa shape index (κ2) is 8.92. The van der Waals surface area contributed by atoms with E-state index in [0.29, 0.717) is 22.5 Å². The topological polar surface area (TPSA) is 50.1 Å². The molecule has 1 aliphatic rings. The molecule has 4 rings (SSSR count). The zero-order valence-corrected chi connectivity index (χ0v) is 19.4. The van der Waals surface area contributed by atoms with Gasteiger partial charge >= 0.3 is 0 Å². The Morgan fingerprint density at radius 1 is 0.833 bits per heavy atom. The summed E-state index contributed by atoms with van der Waals surface area (Å²) in [5.74, 6) is -0.343. The van der Waals surface area contributed by atoms with Gasteiger partial charge < -0.3 is 29.3 Å². The third kappa shape index (κ3) is 4.07. The Hall–Kier alpha value is -2.80. The second-order valence-corrected chi connectivity index (χ2v) is 7.40. The number of carbonyl (C=O) groups excluding carboxylic acids is 2. The molecule has 0 atom stereocenters. The van der Waals surface area contributed by atoms with Crippen molar-refractivity contribution in [2.24, 2.45) is 0 Å². The van der Waals surface area contributed by atoms with Gasteiger partial charge in [0.1, 0.15) is 0 Å². The number of rotatable bonds is 4. The highest BCUT2D eigenvalue weighted by atomic mass is 127. The number of allylic oxidation sites excluding steroid dienone is 2. The molecule has 0 spiro atoms. The first-order chi connectivity index (χ1) is 14.0. The summed E-state index contributed by atoms with van der Waals surface area (Å²) in [6, 6.07) is 17.0. The van der Waals surface area contributed by atoms with E-state index in [1.165, 1.54) is 5.56 Å². The molecule has 0 amide bonds. The Morgan fingerprint density at radius 2 is 1.40 bits per heavy atom. The lowest BCUT2D eigenvalue weighted by Gasteiger charge is -2.19. The van der Waals surface area contributed by atoms with Gasteiger partial charge in [-0.05, 0) is 44.0 Å². The fraction of sp³-hybridized carbons (Fsp3) is 0.160. The van der Waals surface area contributed by atoms with Crippen molar-refractivity contribution in [1.82, 2.24) is 0 Å². The van der Waals surface area contributed by atoms with Crippen LogP contribution in [-0.4, -0.2) is 11.6 Å². The lowest BCUT2D eigenvalue weighted by atomic mass is 9.90. The molecule has 0 bridgehead atoms. The van der Waals surface area contributed by atoms with Crippen LogP contribution < -0.4 is 33.9 Å². The molecule has 30 heavy (non-hydrogen) atoms. The van der Waals surface area contributed by atoms with Gasteiger partial charge in [-0.25, -0.2) is 0 Å². The molecule has 5 heteroatoms. The van der Waals surface area contributed by atoms with Gasteiger partial charge in [0.25, 0.3) is 11.5 Å². The second-order valence-electron chi connectivity index (χ2n) is 7.40. The van der Waals surface area contributed by atoms with Crippen LogP contribution in [0.15, 0.2) is 72.7 Å². The molecule has 0 aliphatic heterocycles. The van der Waals surface area contributed by atoms with Crippen molar-refractivity contribution < 1.29 is 38.1 Å². The number of hydrogen-bond acceptors (Lipinski definition) is 3. The molecule has 4 nitrogen and oxygen atoms in total. The van der Waals surface area contributed by atoms with Crippen LogP contribution in [0.25, 0.3) is 5.70 Å². The lowest BCUT2D eigenvalue weighted by molar-refractivity contribution is -0.578. The molecule has 1 aliphatic carbocycles. The number of carbonyl (C=O) groups is 2. The van der Waals surface area contributed by atoms with Gasteiger partial charge in [-0.2, -0.15) is 4.57 Å². The first kappa shape index (κ1) is 21.9. The number of Topliss-reactive ketones (excluding diaryl/α,β-unsaturated/α-hetero) is 2. The largest absolute Gasteiger partial charge is 1.00 e. The summed E-state index contributed by atoms with van der Waals surface area (Å²) in [5, 5.41) is 3.23. The number of hydrogen-bond donors (Lipinski definition) is 1. The molecule has 1 aromatic heterocycles. The standard InChI is InChI=1S/C25H22N2O2.HI/c1-4-18-9-11-19(12-10-18)26-22-23(27-14-16(2)13-17(3)15-27)25(29)21-8-6-5-7-20(21)24(22)28;/h5-15H,4H2,1-3H3;1H. The van der Waals surface area contributed by atoms with E-state index in [0.717, 1.165) is 23.2 Å². The van der Waals surface area contributed by atoms with Crippen molar-refractivity contribution in [2.75, 3.05) is 5.32 Å². The molecule has 0 radical (unpaired) electrons. The molecule has 3 aromatic rings. The molecule has 152 valence electrons. The molecule has 0 saturated heterocycles. The molecule has 1 N–H and O–H groups in total. The van der Waals surface area contributed by atoms with Crippen LogP contribution in [0, 0.1) is 13.8 Å². The minimum absolute atomic E-state index is 0. The van der Waals surface area contributed by atoms with Gasteiger partial charge in [-0.15, -0.1) is 0 Å². The van der Waals surface area contributed by atoms with Gasteiger partial charge in [-0.3, -0.25) is 9.59 Å². The van der Waals surface area contributed by atoms with E-state index in [2.05, 4.69) is 12.2 Å². The number of halogens is 1. The first-order valence-corrected chi connectivity index (χ1v) is 9.76. The van der Waals surface area contributed by atoms with Crippen LogP contribution in [0.1, 0.15) is 44.3 Å². The fourth-order valence-corrected chi connectivity index (χ4v) is 3.73. The van der Waals surface area contributed by atoms with Crippen LogP contribution in [0.5, 0.6) is 0 Å². The van der Waals surface area contributed by atoms with E-state index in [1.54, 1.807) is 28.8 Å². The van der Waals surface area contributed by atoms with Crippen LogP contribution in [0.3, 0.4) is 0 Å². The van der Waals surface area contributed by atoms with Crippen LogP contribution in [0.4, 0.5) is 5.69 Å². The average Bonchev–Trinajstić information content (AvgIpc) is 2.72. The number of aromatic nitrogens is 1. The molecule has 2 aromatic carbocycles. The Bertz CT molecular complexity index is 1140. The quantitative estimate of drug-likeness (QED) is 0.428. The number of nitrogens with zero attached hydrogens (tertiary/aromatic N) is 1. The number of anilines is 1. The maximum atomic E-state index is 13.4. The first-order valence-electron chi connectivity index (χ1n) is 9.76. The minimum atomic E-state index is -0.179. The van der Waals surface area contributed by atoms with Gasteiger partial charge in [0.05, 0.1) is 0 Å². The summed E-state index contributed by atoms with van der Waals surface area (Å²) < 4.78 is 1.77. The Morgan fingerprint density at radius 3 is 1.97 bits per heavy atom. The number of ketones is 2. The van der Waals surface area contributed by atoms with Crippen LogP contribution in [-0.2, 0) is 6.42 Å². The Kier molecular flexibility index (Phi) is 6.51. The Labute approximate surface area is 193 Å². The summed E-state index contributed by atoms with van der Waals surface area (Å²) in [6.07, 6.45) is 4.70. The summed E-state index contributed by atoms with van der Waals surface area (Å²) >= 11 is 0. The van der Waals surface area contributed by atoms with E-state index in [1.807, 2.05) is 56.6 Å². The van der Waals surface area contributed by atoms with Gasteiger partial charge in [0.2, 0.25) is 5.78 Å². The van der Waals surface area contributed by atoms with Gasteiger partial charge in [-0.1, -0.05) is 43.3 Å². The lowest BCUT2D eigenvalue weighted by Crippen LogP contribution is -3.00. The smallest absolute Gasteiger partial charge is 0.286 e. The van der Waals surface area contributed by atoms with Crippen molar-refractivity contribution >= 4 is 23.0 Å². The van der Waals surface area contributed by atoms with E-state index in [9.17, 15) is 9.59 Å². The molecular formula is C25H23IN2O2. The van der Waals surface area contributed by atoms with Crippen LogP contribution >= 0.6 is 0 Å². The SMILES string of the molecule is CCc1ccc(NC2=C([n+]3cc(C)cc(C)c3)C(=O)c3ccccc3C2=O)cc1.[I-]. The van der Waals surface area contributed by atoms with E-state index in [4.69, 9.17) is 0 Å². The third-order valence-electron chi connectivity index (χ3n) is 5.13. The highest BCUT2D eigenvalue weighted by Gasteiger charge is 2.38. The zero-order valence-electron chi connectivity index (χ0n) is 17.2. The van der Waals surface area contributed by atoms with E-state index in [-0.39, 0.29) is 35.5 Å². The monoisotopic (exact) mass is 510 g/mol. The predicted octanol–water partition coefficient (Wildman–Crippen LogP) is 1.52. The maximum Gasteiger partial charge on any atom is 0.286 e. The molecule has 1 heterocycles. The van der Waals surface area contributed by atoms with Crippen LogP contribution in [0.2, 0.25) is 0 Å². The average molecular weight is 510 g/mol. The summed E-state index contributed by atoms with van der Waals surface area (Å²) in [7, 11) is 0. The summed E-state index contributed by atoms with van der Waals surface area (Å²) in [5.41, 5.74) is 5.54. The normalized spacial score (nSPS) is 13.0. The van der Waals surface area contributed by atoms with E-state index >= 15 is 0 Å². The predicted molar refractivity (Wildman–Crippen MR) is 114 cm³/mol. The number of nitrogens with one attached hydrogen (secondary N) is 1. The number of fused-ring (bicyclic) bond motifs is 1. The van der Waals surface area contributed by atoms with Crippen molar-refractivity contribution in [2.45, 2.75) is 27.2 Å². The van der Waals surface area contributed by atoms with Crippen molar-refractivity contribution in [1.29, 1.82) is 0 Å². The summed E-state index contributed by atoms with van der Waals surface area (Å²) in [4.78, 5) is 26.8. The number of pyridine rings is 1. The molecule has 0 saturated carbocycles. The Balaban J connectivity index is 0.00000256. The zero-order chi connectivity index (χ0) is 20.5. The molecule has 0 fully saturated rings. The van der Waals surface area contributed by atoms with Crippen molar-refractivity contribution in [3.8, 4) is 0 Å². The third-order valence-corrected chi connectivity index (χ3v) is 5.13. The van der Waals surface area contributed by atoms with E-state index < -0.39 is 0 Å². The molecule has 0 unspecified atom stereocenters. The number of benzene rings is 2. The highest BCUT2D eigenvalue weighted by Crippen LogP contribution is 2.28. The van der Waals surface area contributed by atoms with Crippen molar-refractivity contribution in [3.05, 3.63) is 101 Å². The fourth-order valence-electron chi connectivity index (χ4n) is 3.73. The van der Waals surface area contributed by atoms with Gasteiger partial charge in [0.15, 0.2) is 18.1 Å². The summed E-state index contributed by atoms with van der Waals surface area (Å²) in [6.45, 7) is 6.05. The maximum absolute atomic E-state index is 13.4. The molecular weight excluding hydrogens is 487 g/mol. The minimum Gasteiger partial charge on any atom is -1.00 e. The van der Waals surface area contributed by atoms with Crippen molar-refractivity contribution in [3.63, 3.8) is 0 Å². The highest BCUT2D eigenvalue weighted by molar-refractivity contribution is 6.36. The van der Waals surface area contributed by atoms with Gasteiger partial charge in [0, 0.05) is 27.9 Å².